The highest BCUT2D eigenvalue weighted by molar-refractivity contribution is 7.89. The van der Waals surface area contributed by atoms with Gasteiger partial charge in [0, 0.05) is 18.9 Å². The zero-order valence-corrected chi connectivity index (χ0v) is 10.4. The molecule has 0 amide bonds. The van der Waals surface area contributed by atoms with Crippen LogP contribution in [0.2, 0.25) is 0 Å². The molecule has 7 nitrogen and oxygen atoms in total. The van der Waals surface area contributed by atoms with Crippen molar-refractivity contribution in [3.05, 3.63) is 30.1 Å². The Balaban J connectivity index is 2.43. The zero-order valence-electron chi connectivity index (χ0n) is 9.61. The fourth-order valence-electron chi connectivity index (χ4n) is 1.17. The van der Waals surface area contributed by atoms with Gasteiger partial charge in [-0.25, -0.2) is 13.1 Å². The van der Waals surface area contributed by atoms with Gasteiger partial charge in [0.05, 0.1) is 5.75 Å². The second-order valence-corrected chi connectivity index (χ2v) is 5.66. The van der Waals surface area contributed by atoms with Gasteiger partial charge >= 0.3 is 5.97 Å². The summed E-state index contributed by atoms with van der Waals surface area (Å²) in [5.74, 6) is -1.53. The van der Waals surface area contributed by atoms with Crippen LogP contribution >= 0.6 is 0 Å². The summed E-state index contributed by atoms with van der Waals surface area (Å²) in [7, 11) is -3.53. The third kappa shape index (κ3) is 5.21. The Kier molecular flexibility index (Phi) is 5.20. The van der Waals surface area contributed by atoms with Gasteiger partial charge in [-0.2, -0.15) is 0 Å². The van der Waals surface area contributed by atoms with E-state index in [1.165, 1.54) is 0 Å². The molecule has 0 aromatic carbocycles. The maximum absolute atomic E-state index is 11.6. The number of carboxylic acids is 1. The van der Waals surface area contributed by atoms with Crippen molar-refractivity contribution in [2.75, 3.05) is 5.75 Å². The normalized spacial score (nSPS) is 13.2. The molecule has 0 saturated heterocycles. The Hall–Kier alpha value is -1.51. The summed E-state index contributed by atoms with van der Waals surface area (Å²) >= 11 is 0. The van der Waals surface area contributed by atoms with E-state index < -0.39 is 22.0 Å². The molecule has 8 heteroatoms. The molecule has 1 aromatic heterocycles. The number of hydrogen-bond donors (Lipinski definition) is 3. The largest absolute Gasteiger partial charge is 0.480 e. The highest BCUT2D eigenvalue weighted by Crippen LogP contribution is 1.99. The molecule has 1 aromatic rings. The fraction of sp³-hybridized carbons (Fsp3) is 0.400. The van der Waals surface area contributed by atoms with Crippen LogP contribution < -0.4 is 10.5 Å². The Bertz CT molecular complexity index is 489. The highest BCUT2D eigenvalue weighted by Gasteiger charge is 2.17. The predicted molar refractivity (Wildman–Crippen MR) is 65.1 cm³/mol. The number of nitrogens with zero attached hydrogens (tertiary/aromatic N) is 1. The number of nitrogens with two attached hydrogens (primary N) is 1. The lowest BCUT2D eigenvalue weighted by Gasteiger charge is -2.08. The van der Waals surface area contributed by atoms with Crippen molar-refractivity contribution in [3.8, 4) is 0 Å². The van der Waals surface area contributed by atoms with Crippen molar-refractivity contribution < 1.29 is 18.3 Å². The van der Waals surface area contributed by atoms with E-state index in [4.69, 9.17) is 10.8 Å². The van der Waals surface area contributed by atoms with E-state index in [-0.39, 0.29) is 18.7 Å². The molecule has 0 aliphatic carbocycles. The van der Waals surface area contributed by atoms with E-state index in [1.54, 1.807) is 24.5 Å². The van der Waals surface area contributed by atoms with Gasteiger partial charge in [-0.15, -0.1) is 0 Å². The summed E-state index contributed by atoms with van der Waals surface area (Å²) < 4.78 is 25.5. The second-order valence-electron chi connectivity index (χ2n) is 3.73. The molecule has 0 saturated carbocycles. The predicted octanol–water partition coefficient (Wildman–Crippen LogP) is -0.697. The van der Waals surface area contributed by atoms with E-state index in [0.29, 0.717) is 0 Å². The van der Waals surface area contributed by atoms with Crippen molar-refractivity contribution >= 4 is 16.0 Å². The van der Waals surface area contributed by atoms with Crippen LogP contribution in [-0.4, -0.2) is 36.3 Å². The fourth-order valence-corrected chi connectivity index (χ4v) is 2.27. The molecule has 100 valence electrons. The van der Waals surface area contributed by atoms with Crippen molar-refractivity contribution in [2.45, 2.75) is 19.0 Å². The summed E-state index contributed by atoms with van der Waals surface area (Å²) in [6, 6.07) is 2.27. The molecule has 1 atom stereocenters. The molecule has 0 fully saturated rings. The van der Waals surface area contributed by atoms with Gasteiger partial charge in [0.25, 0.3) is 0 Å². The number of nitrogens with one attached hydrogen (secondary N) is 1. The van der Waals surface area contributed by atoms with Crippen molar-refractivity contribution in [3.63, 3.8) is 0 Å². The SMILES string of the molecule is NC(CCS(=O)(=O)NCc1cccnc1)C(=O)O. The van der Waals surface area contributed by atoms with E-state index in [2.05, 4.69) is 9.71 Å². The number of sulfonamides is 1. The number of aliphatic carboxylic acids is 1. The van der Waals surface area contributed by atoms with E-state index in [9.17, 15) is 13.2 Å². The smallest absolute Gasteiger partial charge is 0.320 e. The van der Waals surface area contributed by atoms with Gasteiger partial charge in [-0.1, -0.05) is 6.07 Å². The number of hydrogen-bond acceptors (Lipinski definition) is 5. The summed E-state index contributed by atoms with van der Waals surface area (Å²) in [5, 5.41) is 8.54. The lowest BCUT2D eigenvalue weighted by Crippen LogP contribution is -2.35. The molecule has 0 spiro atoms. The maximum atomic E-state index is 11.6. The van der Waals surface area contributed by atoms with Crippen LogP contribution in [-0.2, 0) is 21.4 Å². The first-order valence-electron chi connectivity index (χ1n) is 5.25. The van der Waals surface area contributed by atoms with Crippen LogP contribution in [0.5, 0.6) is 0 Å². The van der Waals surface area contributed by atoms with Gasteiger partial charge in [0.15, 0.2) is 0 Å². The Morgan fingerprint density at radius 3 is 2.83 bits per heavy atom. The summed E-state index contributed by atoms with van der Waals surface area (Å²) in [6.45, 7) is 0.123. The number of rotatable bonds is 7. The van der Waals surface area contributed by atoms with Gasteiger partial charge in [0.2, 0.25) is 10.0 Å². The summed E-state index contributed by atoms with van der Waals surface area (Å²) in [6.07, 6.45) is 3.01. The summed E-state index contributed by atoms with van der Waals surface area (Å²) in [5.41, 5.74) is 5.95. The average molecular weight is 273 g/mol. The van der Waals surface area contributed by atoms with Crippen LogP contribution in [0, 0.1) is 0 Å². The number of pyridine rings is 1. The first-order valence-corrected chi connectivity index (χ1v) is 6.90. The molecule has 4 N–H and O–H groups in total. The first-order chi connectivity index (χ1) is 8.41. The minimum Gasteiger partial charge on any atom is -0.480 e. The van der Waals surface area contributed by atoms with Gasteiger partial charge < -0.3 is 10.8 Å². The summed E-state index contributed by atoms with van der Waals surface area (Å²) in [4.78, 5) is 14.3. The monoisotopic (exact) mass is 273 g/mol. The number of aromatic nitrogens is 1. The molecular formula is C10H15N3O4S. The molecule has 0 radical (unpaired) electrons. The van der Waals surface area contributed by atoms with Crippen LogP contribution in [0.1, 0.15) is 12.0 Å². The lowest BCUT2D eigenvalue weighted by atomic mass is 10.2. The molecule has 0 bridgehead atoms. The van der Waals surface area contributed by atoms with E-state index in [1.807, 2.05) is 0 Å². The van der Waals surface area contributed by atoms with Crippen LogP contribution in [0.15, 0.2) is 24.5 Å². The van der Waals surface area contributed by atoms with Crippen molar-refractivity contribution in [1.29, 1.82) is 0 Å². The van der Waals surface area contributed by atoms with E-state index >= 15 is 0 Å². The van der Waals surface area contributed by atoms with Crippen LogP contribution in [0.25, 0.3) is 0 Å². The Labute approximate surface area is 105 Å². The molecule has 1 rings (SSSR count). The molecule has 18 heavy (non-hydrogen) atoms. The van der Waals surface area contributed by atoms with Gasteiger partial charge in [-0.05, 0) is 18.1 Å². The highest BCUT2D eigenvalue weighted by atomic mass is 32.2. The Morgan fingerprint density at radius 2 is 2.28 bits per heavy atom. The molecular weight excluding hydrogens is 258 g/mol. The molecule has 1 unspecified atom stereocenters. The Morgan fingerprint density at radius 1 is 1.56 bits per heavy atom. The van der Waals surface area contributed by atoms with Gasteiger partial charge in [0.1, 0.15) is 6.04 Å². The minimum absolute atomic E-state index is 0.123. The third-order valence-electron chi connectivity index (χ3n) is 2.23. The zero-order chi connectivity index (χ0) is 13.6. The quantitative estimate of drug-likeness (QED) is 0.604. The molecule has 0 aliphatic heterocycles. The van der Waals surface area contributed by atoms with Crippen molar-refractivity contribution in [2.24, 2.45) is 5.73 Å². The minimum atomic E-state index is -3.53. The topological polar surface area (TPSA) is 122 Å². The van der Waals surface area contributed by atoms with Crippen LogP contribution in [0.3, 0.4) is 0 Å². The number of carbonyl (C=O) groups is 1. The van der Waals surface area contributed by atoms with Crippen molar-refractivity contribution in [1.82, 2.24) is 9.71 Å². The standard InChI is InChI=1S/C10H15N3O4S/c11-9(10(14)15)3-5-18(16,17)13-7-8-2-1-4-12-6-8/h1-2,4,6,9,13H,3,5,7,11H2,(H,14,15). The van der Waals surface area contributed by atoms with Gasteiger partial charge in [-0.3, -0.25) is 9.78 Å². The molecule has 1 heterocycles. The maximum Gasteiger partial charge on any atom is 0.320 e. The second kappa shape index (κ2) is 6.43. The molecule has 0 aliphatic rings. The van der Waals surface area contributed by atoms with E-state index in [0.717, 1.165) is 5.56 Å². The third-order valence-corrected chi connectivity index (χ3v) is 3.59. The average Bonchev–Trinajstić information content (AvgIpc) is 2.35. The first kappa shape index (κ1) is 14.6. The van der Waals surface area contributed by atoms with Crippen LogP contribution in [0.4, 0.5) is 0 Å². The number of carboxylic acid groups (broad SMARTS) is 1. The lowest BCUT2D eigenvalue weighted by molar-refractivity contribution is -0.138.